The highest BCUT2D eigenvalue weighted by Gasteiger charge is 2.22. The molecule has 1 saturated carbocycles. The van der Waals surface area contributed by atoms with Gasteiger partial charge in [0.15, 0.2) is 0 Å². The zero-order chi connectivity index (χ0) is 14.8. The standard InChI is InChI=1S/C17H20N2O2/c18-12-6-8-13(9-7-12)19-17(21)15-10-5-11-3-1-2-4-14(11)16(15)20/h1-5,10,12-13,20H,6-9,18H2,(H,19,21). The lowest BCUT2D eigenvalue weighted by molar-refractivity contribution is 0.0923. The first-order valence-corrected chi connectivity index (χ1v) is 7.42. The van der Waals surface area contributed by atoms with Crippen molar-refractivity contribution in [2.75, 3.05) is 0 Å². The van der Waals surface area contributed by atoms with Gasteiger partial charge in [-0.1, -0.05) is 30.3 Å². The third-order valence-corrected chi connectivity index (χ3v) is 4.25. The number of aromatic hydroxyl groups is 1. The van der Waals surface area contributed by atoms with Gasteiger partial charge >= 0.3 is 0 Å². The van der Waals surface area contributed by atoms with Crippen molar-refractivity contribution in [2.45, 2.75) is 37.8 Å². The zero-order valence-electron chi connectivity index (χ0n) is 11.9. The van der Waals surface area contributed by atoms with E-state index in [0.29, 0.717) is 10.9 Å². The molecule has 0 unspecified atom stereocenters. The Labute approximate surface area is 124 Å². The summed E-state index contributed by atoms with van der Waals surface area (Å²) in [6.45, 7) is 0. The van der Waals surface area contributed by atoms with Gasteiger partial charge in [0.2, 0.25) is 0 Å². The van der Waals surface area contributed by atoms with Gasteiger partial charge in [-0.25, -0.2) is 0 Å². The van der Waals surface area contributed by atoms with Crippen molar-refractivity contribution < 1.29 is 9.90 Å². The topological polar surface area (TPSA) is 75.3 Å². The maximum absolute atomic E-state index is 12.4. The molecule has 1 amide bonds. The first-order valence-electron chi connectivity index (χ1n) is 7.42. The van der Waals surface area contributed by atoms with E-state index in [4.69, 9.17) is 5.73 Å². The number of carbonyl (C=O) groups is 1. The van der Waals surface area contributed by atoms with Gasteiger partial charge in [-0.05, 0) is 37.1 Å². The Balaban J connectivity index is 1.80. The summed E-state index contributed by atoms with van der Waals surface area (Å²) in [7, 11) is 0. The van der Waals surface area contributed by atoms with Crippen molar-refractivity contribution in [1.82, 2.24) is 5.32 Å². The molecule has 0 aromatic heterocycles. The quantitative estimate of drug-likeness (QED) is 0.793. The van der Waals surface area contributed by atoms with E-state index in [2.05, 4.69) is 5.32 Å². The van der Waals surface area contributed by atoms with Gasteiger partial charge in [-0.2, -0.15) is 0 Å². The second-order valence-corrected chi connectivity index (χ2v) is 5.77. The summed E-state index contributed by atoms with van der Waals surface area (Å²) in [5, 5.41) is 14.9. The van der Waals surface area contributed by atoms with E-state index in [1.165, 1.54) is 0 Å². The van der Waals surface area contributed by atoms with Crippen LogP contribution in [0.4, 0.5) is 0 Å². The summed E-state index contributed by atoms with van der Waals surface area (Å²) in [6, 6.07) is 11.5. The average molecular weight is 284 g/mol. The molecule has 0 heterocycles. The van der Waals surface area contributed by atoms with Crippen LogP contribution in [-0.4, -0.2) is 23.1 Å². The average Bonchev–Trinajstić information content (AvgIpc) is 2.50. The number of hydrogen-bond donors (Lipinski definition) is 3. The summed E-state index contributed by atoms with van der Waals surface area (Å²) in [5.74, 6) is -0.156. The van der Waals surface area contributed by atoms with Crippen LogP contribution in [-0.2, 0) is 0 Å². The molecule has 0 bridgehead atoms. The summed E-state index contributed by atoms with van der Waals surface area (Å²) < 4.78 is 0. The highest BCUT2D eigenvalue weighted by Crippen LogP contribution is 2.29. The Morgan fingerprint density at radius 2 is 1.81 bits per heavy atom. The molecule has 110 valence electrons. The van der Waals surface area contributed by atoms with Crippen LogP contribution < -0.4 is 11.1 Å². The molecule has 0 spiro atoms. The second kappa shape index (κ2) is 5.74. The van der Waals surface area contributed by atoms with E-state index in [-0.39, 0.29) is 23.7 Å². The van der Waals surface area contributed by atoms with Crippen LogP contribution in [0.3, 0.4) is 0 Å². The van der Waals surface area contributed by atoms with Crippen LogP contribution in [0.25, 0.3) is 10.8 Å². The number of hydrogen-bond acceptors (Lipinski definition) is 3. The van der Waals surface area contributed by atoms with Crippen LogP contribution in [0.1, 0.15) is 36.0 Å². The Morgan fingerprint density at radius 3 is 2.57 bits per heavy atom. The lowest BCUT2D eigenvalue weighted by Crippen LogP contribution is -2.40. The molecular formula is C17H20N2O2. The van der Waals surface area contributed by atoms with Crippen LogP contribution in [0.5, 0.6) is 5.75 Å². The molecule has 4 heteroatoms. The molecule has 0 radical (unpaired) electrons. The monoisotopic (exact) mass is 284 g/mol. The normalized spacial score (nSPS) is 22.1. The van der Waals surface area contributed by atoms with E-state index in [1.807, 2.05) is 30.3 Å². The number of nitrogens with one attached hydrogen (secondary N) is 1. The van der Waals surface area contributed by atoms with E-state index in [0.717, 1.165) is 31.1 Å². The minimum absolute atomic E-state index is 0.0538. The second-order valence-electron chi connectivity index (χ2n) is 5.77. The van der Waals surface area contributed by atoms with E-state index < -0.39 is 0 Å². The fraction of sp³-hybridized carbons (Fsp3) is 0.353. The molecule has 2 aromatic carbocycles. The van der Waals surface area contributed by atoms with Crippen LogP contribution in [0.15, 0.2) is 36.4 Å². The van der Waals surface area contributed by atoms with Gasteiger partial charge in [-0.3, -0.25) is 4.79 Å². The largest absolute Gasteiger partial charge is 0.506 e. The van der Waals surface area contributed by atoms with Crippen LogP contribution in [0, 0.1) is 0 Å². The number of fused-ring (bicyclic) bond motifs is 1. The highest BCUT2D eigenvalue weighted by molar-refractivity contribution is 6.03. The van der Waals surface area contributed by atoms with Gasteiger partial charge in [0.1, 0.15) is 5.75 Å². The Bertz CT molecular complexity index is 661. The van der Waals surface area contributed by atoms with Crippen molar-refractivity contribution in [3.8, 4) is 5.75 Å². The maximum Gasteiger partial charge on any atom is 0.255 e. The zero-order valence-corrected chi connectivity index (χ0v) is 11.9. The van der Waals surface area contributed by atoms with Crippen molar-refractivity contribution in [3.05, 3.63) is 42.0 Å². The fourth-order valence-electron chi connectivity index (χ4n) is 2.97. The fourth-order valence-corrected chi connectivity index (χ4v) is 2.97. The lowest BCUT2D eigenvalue weighted by atomic mass is 9.91. The molecule has 0 saturated heterocycles. The number of benzene rings is 2. The predicted octanol–water partition coefficient (Wildman–Crippen LogP) is 2.55. The van der Waals surface area contributed by atoms with Gasteiger partial charge in [0.05, 0.1) is 5.56 Å². The minimum atomic E-state index is -0.210. The summed E-state index contributed by atoms with van der Waals surface area (Å²) >= 11 is 0. The maximum atomic E-state index is 12.4. The number of phenolic OH excluding ortho intramolecular Hbond substituents is 1. The predicted molar refractivity (Wildman–Crippen MR) is 83.3 cm³/mol. The van der Waals surface area contributed by atoms with Gasteiger partial charge < -0.3 is 16.2 Å². The number of carbonyl (C=O) groups excluding carboxylic acids is 1. The molecular weight excluding hydrogens is 264 g/mol. The number of amides is 1. The lowest BCUT2D eigenvalue weighted by Gasteiger charge is -2.26. The number of rotatable bonds is 2. The first-order chi connectivity index (χ1) is 10.1. The van der Waals surface area contributed by atoms with Crippen LogP contribution in [0.2, 0.25) is 0 Å². The molecule has 1 aliphatic rings. The van der Waals surface area contributed by atoms with E-state index >= 15 is 0 Å². The van der Waals surface area contributed by atoms with Gasteiger partial charge in [0.25, 0.3) is 5.91 Å². The van der Waals surface area contributed by atoms with Crippen molar-refractivity contribution in [3.63, 3.8) is 0 Å². The molecule has 3 rings (SSSR count). The van der Waals surface area contributed by atoms with Crippen molar-refractivity contribution in [1.29, 1.82) is 0 Å². The van der Waals surface area contributed by atoms with Gasteiger partial charge in [-0.15, -0.1) is 0 Å². The molecule has 4 nitrogen and oxygen atoms in total. The Kier molecular flexibility index (Phi) is 3.80. The molecule has 0 atom stereocenters. The van der Waals surface area contributed by atoms with Crippen LogP contribution >= 0.6 is 0 Å². The molecule has 2 aromatic rings. The molecule has 21 heavy (non-hydrogen) atoms. The van der Waals surface area contributed by atoms with Gasteiger partial charge in [0, 0.05) is 17.5 Å². The van der Waals surface area contributed by atoms with Crippen molar-refractivity contribution >= 4 is 16.7 Å². The minimum Gasteiger partial charge on any atom is -0.506 e. The first kappa shape index (κ1) is 13.9. The number of phenols is 1. The SMILES string of the molecule is NC1CCC(NC(=O)c2ccc3ccccc3c2O)CC1. The molecule has 0 aliphatic heterocycles. The summed E-state index contributed by atoms with van der Waals surface area (Å²) in [4.78, 5) is 12.4. The summed E-state index contributed by atoms with van der Waals surface area (Å²) in [5.41, 5.74) is 6.21. The molecule has 1 fully saturated rings. The van der Waals surface area contributed by atoms with E-state index in [9.17, 15) is 9.90 Å². The third-order valence-electron chi connectivity index (χ3n) is 4.25. The third kappa shape index (κ3) is 2.85. The number of nitrogens with two attached hydrogens (primary N) is 1. The summed E-state index contributed by atoms with van der Waals surface area (Å²) in [6.07, 6.45) is 3.69. The smallest absolute Gasteiger partial charge is 0.255 e. The Hall–Kier alpha value is -2.07. The van der Waals surface area contributed by atoms with E-state index in [1.54, 1.807) is 6.07 Å². The highest BCUT2D eigenvalue weighted by atomic mass is 16.3. The molecule has 4 N–H and O–H groups in total. The van der Waals surface area contributed by atoms with Crippen molar-refractivity contribution in [2.24, 2.45) is 5.73 Å². The molecule has 1 aliphatic carbocycles. The Morgan fingerprint density at radius 1 is 1.10 bits per heavy atom.